The Hall–Kier alpha value is -1.98. The number of likely N-dealkylation sites (tertiary alicyclic amines) is 1. The van der Waals surface area contributed by atoms with E-state index in [1.54, 1.807) is 0 Å². The third-order valence-electron chi connectivity index (χ3n) is 6.59. The second kappa shape index (κ2) is 7.28. The number of carbonyl (C=O) groups excluding carboxylic acids is 2. The van der Waals surface area contributed by atoms with Gasteiger partial charge in [0.1, 0.15) is 4.90 Å². The molecule has 2 unspecified atom stereocenters. The molecular formula is C20H25N3O6S2. The third-order valence-corrected chi connectivity index (χ3v) is 10.2. The number of carbonyl (C=O) groups is 2. The molecule has 0 aromatic heterocycles. The number of nitrogens with zero attached hydrogens (tertiary/aromatic N) is 2. The maximum Gasteiger partial charge on any atom is 0.269 e. The van der Waals surface area contributed by atoms with Gasteiger partial charge in [-0.2, -0.15) is 0 Å². The molecule has 5 rings (SSSR count). The van der Waals surface area contributed by atoms with E-state index in [1.165, 1.54) is 18.2 Å². The second-order valence-corrected chi connectivity index (χ2v) is 12.8. The molecule has 0 radical (unpaired) electrons. The van der Waals surface area contributed by atoms with E-state index in [-0.39, 0.29) is 39.6 Å². The van der Waals surface area contributed by atoms with E-state index in [9.17, 15) is 26.4 Å². The fourth-order valence-electron chi connectivity index (χ4n) is 4.89. The summed E-state index contributed by atoms with van der Waals surface area (Å²) in [6.07, 6.45) is 4.44. The third kappa shape index (κ3) is 3.66. The Kier molecular flexibility index (Phi) is 4.91. The summed E-state index contributed by atoms with van der Waals surface area (Å²) < 4.78 is 51.2. The normalized spacial score (nSPS) is 29.7. The van der Waals surface area contributed by atoms with Crippen LogP contribution in [-0.2, 0) is 19.9 Å². The lowest BCUT2D eigenvalue weighted by Gasteiger charge is -2.35. The molecule has 1 aromatic carbocycles. The van der Waals surface area contributed by atoms with Crippen molar-refractivity contribution in [1.29, 1.82) is 0 Å². The van der Waals surface area contributed by atoms with Crippen LogP contribution in [0.5, 0.6) is 0 Å². The molecule has 168 valence electrons. The largest absolute Gasteiger partial charge is 0.347 e. The van der Waals surface area contributed by atoms with Crippen molar-refractivity contribution in [2.24, 2.45) is 0 Å². The lowest BCUT2D eigenvalue weighted by molar-refractivity contribution is 0.0861. The fourth-order valence-corrected chi connectivity index (χ4v) is 8.68. The van der Waals surface area contributed by atoms with Gasteiger partial charge in [0.05, 0.1) is 23.1 Å². The standard InChI is InChI=1S/C20H25N3O6S2/c24-19(21-16-11-30(26,27)12-17(16)22-8-2-1-3-9-22)13-4-7-15-18(10-13)31(28,29)23(20(15)25)14-5-6-14/h4,7,10,14,16-17H,1-3,5-6,8-9,11-12H2,(H,21,24). The average molecular weight is 468 g/mol. The minimum Gasteiger partial charge on any atom is -0.347 e. The smallest absolute Gasteiger partial charge is 0.269 e. The summed E-state index contributed by atoms with van der Waals surface area (Å²) in [6, 6.07) is 2.91. The molecule has 3 heterocycles. The number of sulfone groups is 1. The molecule has 4 aliphatic rings. The molecule has 0 bridgehead atoms. The van der Waals surface area contributed by atoms with Gasteiger partial charge in [-0.1, -0.05) is 6.42 Å². The van der Waals surface area contributed by atoms with E-state index in [0.29, 0.717) is 12.8 Å². The van der Waals surface area contributed by atoms with Crippen molar-refractivity contribution in [1.82, 2.24) is 14.5 Å². The maximum absolute atomic E-state index is 12.9. The van der Waals surface area contributed by atoms with Crippen molar-refractivity contribution >= 4 is 31.7 Å². The Morgan fingerprint density at radius 1 is 1.00 bits per heavy atom. The summed E-state index contributed by atoms with van der Waals surface area (Å²) in [5.41, 5.74) is 0.188. The number of hydrogen-bond donors (Lipinski definition) is 1. The predicted molar refractivity (Wildman–Crippen MR) is 112 cm³/mol. The number of rotatable bonds is 4. The first kappa shape index (κ1) is 20.9. The zero-order valence-corrected chi connectivity index (χ0v) is 18.6. The Labute approximate surface area is 181 Å². The van der Waals surface area contributed by atoms with E-state index < -0.39 is 37.7 Å². The van der Waals surface area contributed by atoms with Crippen molar-refractivity contribution < 1.29 is 26.4 Å². The van der Waals surface area contributed by atoms with Gasteiger partial charge in [-0.15, -0.1) is 0 Å². The van der Waals surface area contributed by atoms with Gasteiger partial charge in [-0.05, 0) is 57.0 Å². The molecule has 9 nitrogen and oxygen atoms in total. The Morgan fingerprint density at radius 2 is 1.71 bits per heavy atom. The number of nitrogens with one attached hydrogen (secondary N) is 1. The van der Waals surface area contributed by atoms with Crippen molar-refractivity contribution in [2.75, 3.05) is 24.6 Å². The van der Waals surface area contributed by atoms with E-state index in [1.807, 2.05) is 0 Å². The molecule has 1 aromatic rings. The second-order valence-electron chi connectivity index (χ2n) is 8.87. The highest BCUT2D eigenvalue weighted by Crippen LogP contribution is 2.39. The Bertz CT molecular complexity index is 1150. The van der Waals surface area contributed by atoms with Crippen LogP contribution in [0.1, 0.15) is 52.8 Å². The topological polar surface area (TPSA) is 121 Å². The van der Waals surface area contributed by atoms with Crippen LogP contribution in [0.15, 0.2) is 23.1 Å². The molecule has 11 heteroatoms. The minimum absolute atomic E-state index is 0.0152. The lowest BCUT2D eigenvalue weighted by Crippen LogP contribution is -2.52. The maximum atomic E-state index is 12.9. The summed E-state index contributed by atoms with van der Waals surface area (Å²) >= 11 is 0. The zero-order chi connectivity index (χ0) is 22.0. The van der Waals surface area contributed by atoms with E-state index in [0.717, 1.165) is 36.7 Å². The monoisotopic (exact) mass is 467 g/mol. The Balaban J connectivity index is 1.39. The highest BCUT2D eigenvalue weighted by Gasteiger charge is 2.49. The summed E-state index contributed by atoms with van der Waals surface area (Å²) in [7, 11) is -7.23. The van der Waals surface area contributed by atoms with Crippen LogP contribution in [-0.4, -0.2) is 80.6 Å². The number of piperidine rings is 1. The van der Waals surface area contributed by atoms with Gasteiger partial charge in [0.2, 0.25) is 0 Å². The highest BCUT2D eigenvalue weighted by molar-refractivity contribution is 7.91. The first-order valence-corrected chi connectivity index (χ1v) is 13.9. The summed E-state index contributed by atoms with van der Waals surface area (Å²) in [4.78, 5) is 27.4. The zero-order valence-electron chi connectivity index (χ0n) is 17.0. The van der Waals surface area contributed by atoms with E-state index in [4.69, 9.17) is 0 Å². The van der Waals surface area contributed by atoms with E-state index in [2.05, 4.69) is 10.2 Å². The van der Waals surface area contributed by atoms with Gasteiger partial charge in [0.25, 0.3) is 21.8 Å². The molecule has 0 spiro atoms. The quantitative estimate of drug-likeness (QED) is 0.679. The first-order chi connectivity index (χ1) is 14.7. The van der Waals surface area contributed by atoms with Gasteiger partial charge in [0, 0.05) is 17.6 Å². The number of fused-ring (bicyclic) bond motifs is 1. The molecule has 3 fully saturated rings. The van der Waals surface area contributed by atoms with Crippen molar-refractivity contribution in [3.63, 3.8) is 0 Å². The molecule has 1 aliphatic carbocycles. The van der Waals surface area contributed by atoms with Crippen molar-refractivity contribution in [3.05, 3.63) is 29.3 Å². The van der Waals surface area contributed by atoms with Crippen LogP contribution in [0.3, 0.4) is 0 Å². The summed E-state index contributed by atoms with van der Waals surface area (Å²) in [5, 5.41) is 2.82. The molecule has 3 aliphatic heterocycles. The van der Waals surface area contributed by atoms with Crippen LogP contribution in [0.25, 0.3) is 0 Å². The molecule has 2 amide bonds. The van der Waals surface area contributed by atoms with Gasteiger partial charge in [-0.25, -0.2) is 21.1 Å². The van der Waals surface area contributed by atoms with Gasteiger partial charge in [-0.3, -0.25) is 14.5 Å². The Morgan fingerprint density at radius 3 is 2.39 bits per heavy atom. The SMILES string of the molecule is O=C(NC1CS(=O)(=O)CC1N1CCCCC1)c1ccc2c(c1)S(=O)(=O)N(C1CC1)C2=O. The van der Waals surface area contributed by atoms with Crippen molar-refractivity contribution in [3.8, 4) is 0 Å². The van der Waals surface area contributed by atoms with Gasteiger partial charge < -0.3 is 5.32 Å². The van der Waals surface area contributed by atoms with Crippen LogP contribution in [0, 0.1) is 0 Å². The summed E-state index contributed by atoms with van der Waals surface area (Å²) in [5.74, 6) is -1.19. The molecule has 1 saturated carbocycles. The number of hydrogen-bond acceptors (Lipinski definition) is 7. The van der Waals surface area contributed by atoms with Crippen LogP contribution in [0.4, 0.5) is 0 Å². The predicted octanol–water partition coefficient (Wildman–Crippen LogP) is 0.375. The van der Waals surface area contributed by atoms with Gasteiger partial charge >= 0.3 is 0 Å². The molecular weight excluding hydrogens is 442 g/mol. The number of sulfonamides is 1. The minimum atomic E-state index is -3.96. The van der Waals surface area contributed by atoms with Crippen LogP contribution in [0.2, 0.25) is 0 Å². The number of amides is 2. The lowest BCUT2D eigenvalue weighted by atomic mass is 10.0. The summed E-state index contributed by atoms with van der Waals surface area (Å²) in [6.45, 7) is 1.62. The molecule has 2 saturated heterocycles. The van der Waals surface area contributed by atoms with E-state index >= 15 is 0 Å². The van der Waals surface area contributed by atoms with Crippen LogP contribution >= 0.6 is 0 Å². The van der Waals surface area contributed by atoms with Crippen LogP contribution < -0.4 is 5.32 Å². The molecule has 2 atom stereocenters. The highest BCUT2D eigenvalue weighted by atomic mass is 32.2. The van der Waals surface area contributed by atoms with Gasteiger partial charge in [0.15, 0.2) is 9.84 Å². The average Bonchev–Trinajstić information content (AvgIpc) is 3.47. The number of benzene rings is 1. The molecule has 31 heavy (non-hydrogen) atoms. The van der Waals surface area contributed by atoms with Crippen molar-refractivity contribution in [2.45, 2.75) is 55.1 Å². The first-order valence-electron chi connectivity index (χ1n) is 10.7. The molecule has 1 N–H and O–H groups in total. The fraction of sp³-hybridized carbons (Fsp3) is 0.600.